The Morgan fingerprint density at radius 2 is 2.05 bits per heavy atom. The Bertz CT molecular complexity index is 489. The van der Waals surface area contributed by atoms with E-state index in [9.17, 15) is 9.59 Å². The third kappa shape index (κ3) is 3.01. The minimum atomic E-state index is -0.476. The van der Waals surface area contributed by atoms with Gasteiger partial charge in [-0.1, -0.05) is 0 Å². The van der Waals surface area contributed by atoms with Crippen molar-refractivity contribution >= 4 is 11.9 Å². The molecule has 0 aliphatic carbocycles. The average molecular weight is 280 g/mol. The zero-order valence-electron chi connectivity index (χ0n) is 11.8. The Labute approximate surface area is 117 Å². The Hall–Kier alpha value is -1.82. The lowest BCUT2D eigenvalue weighted by Crippen LogP contribution is -2.39. The lowest BCUT2D eigenvalue weighted by Gasteiger charge is -2.34. The van der Waals surface area contributed by atoms with E-state index in [2.05, 4.69) is 9.64 Å². The van der Waals surface area contributed by atoms with E-state index >= 15 is 0 Å². The van der Waals surface area contributed by atoms with Crippen molar-refractivity contribution in [1.29, 1.82) is 0 Å². The lowest BCUT2D eigenvalue weighted by atomic mass is 9.95. The van der Waals surface area contributed by atoms with Gasteiger partial charge in [-0.15, -0.1) is 0 Å². The number of furan rings is 1. The minimum Gasteiger partial charge on any atom is -0.463 e. The van der Waals surface area contributed by atoms with Crippen LogP contribution in [0.1, 0.15) is 42.1 Å². The van der Waals surface area contributed by atoms with Crippen molar-refractivity contribution in [3.8, 4) is 0 Å². The number of hydrogen-bond donors (Lipinski definition) is 1. The van der Waals surface area contributed by atoms with Crippen LogP contribution in [-0.2, 0) is 9.53 Å². The molecule has 1 aromatic rings. The molecule has 0 radical (unpaired) electrons. The van der Waals surface area contributed by atoms with Crippen molar-refractivity contribution in [1.82, 2.24) is 4.90 Å². The second kappa shape index (κ2) is 6.09. The normalized spacial score (nSPS) is 18.7. The number of carbonyl (C=O) groups is 2. The largest absolute Gasteiger partial charge is 0.463 e. The molecule has 2 N–H and O–H groups in total. The number of likely N-dealkylation sites (tertiary alicyclic amines) is 1. The van der Waals surface area contributed by atoms with Gasteiger partial charge in [-0.2, -0.15) is 0 Å². The molecule has 0 spiro atoms. The molecule has 0 saturated carbocycles. The molecular weight excluding hydrogens is 260 g/mol. The summed E-state index contributed by atoms with van der Waals surface area (Å²) in [6.07, 6.45) is 1.54. The molecule has 110 valence electrons. The molecule has 2 heterocycles. The number of nitrogens with two attached hydrogens (primary N) is 1. The van der Waals surface area contributed by atoms with Crippen LogP contribution in [0.5, 0.6) is 0 Å². The van der Waals surface area contributed by atoms with E-state index in [0.717, 1.165) is 31.7 Å². The maximum atomic E-state index is 11.4. The van der Waals surface area contributed by atoms with Crippen LogP contribution in [0.3, 0.4) is 0 Å². The molecule has 20 heavy (non-hydrogen) atoms. The van der Waals surface area contributed by atoms with Gasteiger partial charge in [0, 0.05) is 5.92 Å². The summed E-state index contributed by atoms with van der Waals surface area (Å²) in [7, 11) is 1.32. The van der Waals surface area contributed by atoms with Crippen molar-refractivity contribution in [3.05, 3.63) is 23.7 Å². The average Bonchev–Trinajstić information content (AvgIpc) is 2.95. The van der Waals surface area contributed by atoms with Gasteiger partial charge < -0.3 is 14.9 Å². The zero-order valence-corrected chi connectivity index (χ0v) is 11.8. The maximum absolute atomic E-state index is 11.4. The van der Waals surface area contributed by atoms with Gasteiger partial charge in [0.25, 0.3) is 0 Å². The fourth-order valence-electron chi connectivity index (χ4n) is 2.54. The molecule has 1 fully saturated rings. The number of esters is 1. The molecular formula is C14H20N2O4. The summed E-state index contributed by atoms with van der Waals surface area (Å²) in [6, 6.07) is 3.47. The highest BCUT2D eigenvalue weighted by Crippen LogP contribution is 2.27. The number of primary amides is 1. The first-order valence-electron chi connectivity index (χ1n) is 6.74. The SMILES string of the molecule is COC(=O)c1ccc(C(C)N2CCC(C(N)=O)CC2)o1. The van der Waals surface area contributed by atoms with Crippen molar-refractivity contribution in [2.75, 3.05) is 20.2 Å². The summed E-state index contributed by atoms with van der Waals surface area (Å²) in [4.78, 5) is 24.7. The number of methoxy groups -OCH3 is 1. The van der Waals surface area contributed by atoms with E-state index in [4.69, 9.17) is 10.2 Å². The Kier molecular flexibility index (Phi) is 4.44. The second-order valence-electron chi connectivity index (χ2n) is 5.08. The lowest BCUT2D eigenvalue weighted by molar-refractivity contribution is -0.123. The molecule has 6 nitrogen and oxygen atoms in total. The molecule has 0 bridgehead atoms. The molecule has 1 saturated heterocycles. The van der Waals surface area contributed by atoms with Gasteiger partial charge in [-0.05, 0) is 45.0 Å². The number of nitrogens with zero attached hydrogens (tertiary/aromatic N) is 1. The van der Waals surface area contributed by atoms with Gasteiger partial charge in [0.1, 0.15) is 5.76 Å². The molecule has 1 amide bonds. The van der Waals surface area contributed by atoms with Crippen molar-refractivity contribution in [3.63, 3.8) is 0 Å². The summed E-state index contributed by atoms with van der Waals surface area (Å²) in [5.41, 5.74) is 5.32. The molecule has 2 rings (SSSR count). The minimum absolute atomic E-state index is 0.0271. The number of rotatable bonds is 4. The van der Waals surface area contributed by atoms with Gasteiger partial charge >= 0.3 is 5.97 Å². The first-order chi connectivity index (χ1) is 9.52. The fourth-order valence-corrected chi connectivity index (χ4v) is 2.54. The highest BCUT2D eigenvalue weighted by molar-refractivity contribution is 5.86. The first kappa shape index (κ1) is 14.6. The van der Waals surface area contributed by atoms with E-state index in [1.165, 1.54) is 7.11 Å². The monoisotopic (exact) mass is 280 g/mol. The molecule has 1 unspecified atom stereocenters. The van der Waals surface area contributed by atoms with Crippen LogP contribution >= 0.6 is 0 Å². The van der Waals surface area contributed by atoms with Crippen LogP contribution in [0.2, 0.25) is 0 Å². The number of amides is 1. The first-order valence-corrected chi connectivity index (χ1v) is 6.74. The van der Waals surface area contributed by atoms with E-state index in [1.54, 1.807) is 12.1 Å². The summed E-state index contributed by atoms with van der Waals surface area (Å²) < 4.78 is 10.1. The van der Waals surface area contributed by atoms with Crippen LogP contribution in [-0.4, -0.2) is 37.0 Å². The molecule has 1 aromatic heterocycles. The van der Waals surface area contributed by atoms with Crippen LogP contribution < -0.4 is 5.73 Å². The van der Waals surface area contributed by atoms with Gasteiger partial charge in [0.2, 0.25) is 11.7 Å². The third-order valence-corrected chi connectivity index (χ3v) is 3.90. The maximum Gasteiger partial charge on any atom is 0.373 e. The van der Waals surface area contributed by atoms with Crippen LogP contribution in [0, 0.1) is 5.92 Å². The molecule has 1 atom stereocenters. The van der Waals surface area contributed by atoms with E-state index in [0.29, 0.717) is 0 Å². The van der Waals surface area contributed by atoms with Gasteiger partial charge in [0.05, 0.1) is 13.2 Å². The van der Waals surface area contributed by atoms with Gasteiger partial charge in [-0.3, -0.25) is 9.69 Å². The molecule has 1 aliphatic rings. The van der Waals surface area contributed by atoms with Crippen molar-refractivity contribution in [2.45, 2.75) is 25.8 Å². The number of piperidine rings is 1. The van der Waals surface area contributed by atoms with Crippen molar-refractivity contribution < 1.29 is 18.7 Å². The molecule has 1 aliphatic heterocycles. The smallest absolute Gasteiger partial charge is 0.373 e. The third-order valence-electron chi connectivity index (χ3n) is 3.90. The van der Waals surface area contributed by atoms with Crippen LogP contribution in [0.25, 0.3) is 0 Å². The Morgan fingerprint density at radius 3 is 2.60 bits per heavy atom. The quantitative estimate of drug-likeness (QED) is 0.841. The van der Waals surface area contributed by atoms with Crippen LogP contribution in [0.15, 0.2) is 16.5 Å². The second-order valence-corrected chi connectivity index (χ2v) is 5.08. The summed E-state index contributed by atoms with van der Waals surface area (Å²) in [5.74, 6) is 0.212. The van der Waals surface area contributed by atoms with E-state index in [-0.39, 0.29) is 23.6 Å². The zero-order chi connectivity index (χ0) is 14.7. The predicted molar refractivity (Wildman–Crippen MR) is 72.0 cm³/mol. The Balaban J connectivity index is 1.98. The predicted octanol–water partition coefficient (Wildman–Crippen LogP) is 1.32. The summed E-state index contributed by atoms with van der Waals surface area (Å²) in [5, 5.41) is 0. The van der Waals surface area contributed by atoms with Gasteiger partial charge in [0.15, 0.2) is 0 Å². The Morgan fingerprint density at radius 1 is 1.40 bits per heavy atom. The number of ether oxygens (including phenoxy) is 1. The number of carbonyl (C=O) groups excluding carboxylic acids is 2. The highest BCUT2D eigenvalue weighted by Gasteiger charge is 2.28. The fraction of sp³-hybridized carbons (Fsp3) is 0.571. The van der Waals surface area contributed by atoms with E-state index in [1.807, 2.05) is 6.92 Å². The van der Waals surface area contributed by atoms with Crippen molar-refractivity contribution in [2.24, 2.45) is 11.7 Å². The molecule has 0 aromatic carbocycles. The summed E-state index contributed by atoms with van der Waals surface area (Å²) >= 11 is 0. The number of hydrogen-bond acceptors (Lipinski definition) is 5. The van der Waals surface area contributed by atoms with Gasteiger partial charge in [-0.25, -0.2) is 4.79 Å². The topological polar surface area (TPSA) is 85.8 Å². The summed E-state index contributed by atoms with van der Waals surface area (Å²) in [6.45, 7) is 3.61. The highest BCUT2D eigenvalue weighted by atomic mass is 16.5. The van der Waals surface area contributed by atoms with E-state index < -0.39 is 5.97 Å². The van der Waals surface area contributed by atoms with Crippen LogP contribution in [0.4, 0.5) is 0 Å². The standard InChI is InChI=1S/C14H20N2O4/c1-9(11-3-4-12(20-11)14(18)19-2)16-7-5-10(6-8-16)13(15)17/h3-4,9-10H,5-8H2,1-2H3,(H2,15,17). The molecule has 6 heteroatoms.